The van der Waals surface area contributed by atoms with E-state index in [4.69, 9.17) is 9.15 Å². The molecule has 3 aromatic rings. The lowest BCUT2D eigenvalue weighted by molar-refractivity contribution is 0.407. The molecule has 3 rings (SSSR count). The zero-order valence-corrected chi connectivity index (χ0v) is 9.14. The van der Waals surface area contributed by atoms with Gasteiger partial charge in [0.1, 0.15) is 0 Å². The minimum absolute atomic E-state index is 0.398. The maximum atomic E-state index is 11.8. The van der Waals surface area contributed by atoms with Crippen molar-refractivity contribution in [3.05, 3.63) is 46.9 Å². The highest BCUT2D eigenvalue weighted by atomic mass is 16.5. The van der Waals surface area contributed by atoms with E-state index in [1.807, 2.05) is 12.1 Å². The summed E-state index contributed by atoms with van der Waals surface area (Å²) in [7, 11) is 1.54. The molecular formula is C13H9NO3. The van der Waals surface area contributed by atoms with Crippen molar-refractivity contribution in [3.8, 4) is 5.75 Å². The van der Waals surface area contributed by atoms with Crippen LogP contribution in [-0.2, 0) is 0 Å². The van der Waals surface area contributed by atoms with Crippen LogP contribution in [0.5, 0.6) is 5.75 Å². The molecule has 0 radical (unpaired) electrons. The number of fused-ring (bicyclic) bond motifs is 3. The van der Waals surface area contributed by atoms with Gasteiger partial charge in [0.25, 0.3) is 0 Å². The summed E-state index contributed by atoms with van der Waals surface area (Å²) in [6.45, 7) is 0. The van der Waals surface area contributed by atoms with Crippen LogP contribution in [0.3, 0.4) is 0 Å². The molecule has 4 nitrogen and oxygen atoms in total. The summed E-state index contributed by atoms with van der Waals surface area (Å²) in [5, 5.41) is 1.26. The van der Waals surface area contributed by atoms with E-state index < -0.39 is 5.63 Å². The molecule has 0 bridgehead atoms. The summed E-state index contributed by atoms with van der Waals surface area (Å²) < 4.78 is 10.4. The first-order valence-electron chi connectivity index (χ1n) is 5.16. The van der Waals surface area contributed by atoms with Crippen molar-refractivity contribution in [1.82, 2.24) is 4.98 Å². The Kier molecular flexibility index (Phi) is 2.08. The molecule has 0 saturated carbocycles. The Hall–Kier alpha value is -2.36. The van der Waals surface area contributed by atoms with Crippen LogP contribution >= 0.6 is 0 Å². The molecule has 0 fully saturated rings. The van der Waals surface area contributed by atoms with Crippen molar-refractivity contribution >= 4 is 21.9 Å². The summed E-state index contributed by atoms with van der Waals surface area (Å²) in [5.41, 5.74) is 0.675. The van der Waals surface area contributed by atoms with E-state index in [-0.39, 0.29) is 0 Å². The molecule has 84 valence electrons. The molecule has 4 heteroatoms. The van der Waals surface area contributed by atoms with E-state index in [1.165, 1.54) is 7.11 Å². The molecule has 0 N–H and O–H groups in total. The van der Waals surface area contributed by atoms with Gasteiger partial charge in [-0.3, -0.25) is 4.98 Å². The molecule has 0 atom stereocenters. The van der Waals surface area contributed by atoms with Crippen LogP contribution in [0.1, 0.15) is 0 Å². The zero-order valence-electron chi connectivity index (χ0n) is 9.14. The van der Waals surface area contributed by atoms with Gasteiger partial charge >= 0.3 is 5.63 Å². The number of benzene rings is 1. The van der Waals surface area contributed by atoms with Gasteiger partial charge in [-0.05, 0) is 24.3 Å². The number of methoxy groups -OCH3 is 1. The van der Waals surface area contributed by atoms with Gasteiger partial charge in [0, 0.05) is 11.6 Å². The first-order chi connectivity index (χ1) is 8.31. The number of aromatic nitrogens is 1. The van der Waals surface area contributed by atoms with Crippen LogP contribution in [-0.4, -0.2) is 12.1 Å². The highest BCUT2D eigenvalue weighted by Gasteiger charge is 2.10. The molecule has 17 heavy (non-hydrogen) atoms. The number of para-hydroxylation sites is 1. The van der Waals surface area contributed by atoms with Crippen molar-refractivity contribution in [2.24, 2.45) is 0 Å². The number of rotatable bonds is 1. The standard InChI is InChI=1S/C13H9NO3/c1-16-10-6-2-4-8-11-9(5-3-7-14-11)13(15)17-12(8)10/h2-7H,1H3. The molecule has 0 saturated heterocycles. The van der Waals surface area contributed by atoms with Gasteiger partial charge < -0.3 is 9.15 Å². The maximum absolute atomic E-state index is 11.8. The van der Waals surface area contributed by atoms with Crippen LogP contribution in [0.4, 0.5) is 0 Å². The van der Waals surface area contributed by atoms with Crippen LogP contribution < -0.4 is 10.4 Å². The fraction of sp³-hybridized carbons (Fsp3) is 0.0769. The second-order valence-corrected chi connectivity index (χ2v) is 3.63. The Balaban J connectivity index is 2.62. The molecule has 0 aliphatic heterocycles. The van der Waals surface area contributed by atoms with Gasteiger partial charge in [0.15, 0.2) is 11.3 Å². The van der Waals surface area contributed by atoms with E-state index >= 15 is 0 Å². The first kappa shape index (κ1) is 9.84. The lowest BCUT2D eigenvalue weighted by Gasteiger charge is -2.05. The molecule has 1 aromatic carbocycles. The van der Waals surface area contributed by atoms with Crippen molar-refractivity contribution in [2.45, 2.75) is 0 Å². The highest BCUT2D eigenvalue weighted by molar-refractivity contribution is 6.03. The van der Waals surface area contributed by atoms with Crippen molar-refractivity contribution in [1.29, 1.82) is 0 Å². The number of ether oxygens (including phenoxy) is 1. The second-order valence-electron chi connectivity index (χ2n) is 3.63. The van der Waals surface area contributed by atoms with E-state index in [9.17, 15) is 4.79 Å². The third-order valence-corrected chi connectivity index (χ3v) is 2.68. The predicted octanol–water partition coefficient (Wildman–Crippen LogP) is 2.35. The lowest BCUT2D eigenvalue weighted by atomic mass is 10.1. The molecular weight excluding hydrogens is 218 g/mol. The Morgan fingerprint density at radius 2 is 2.00 bits per heavy atom. The average molecular weight is 227 g/mol. The SMILES string of the molecule is COc1cccc2c1oc(=O)c1cccnc12. The quantitative estimate of drug-likeness (QED) is 0.473. The zero-order chi connectivity index (χ0) is 11.8. The Morgan fingerprint density at radius 3 is 2.82 bits per heavy atom. The van der Waals surface area contributed by atoms with Crippen molar-refractivity contribution < 1.29 is 9.15 Å². The summed E-state index contributed by atoms with van der Waals surface area (Å²) in [6, 6.07) is 8.86. The minimum Gasteiger partial charge on any atom is -0.493 e. The van der Waals surface area contributed by atoms with Gasteiger partial charge in [0.05, 0.1) is 18.0 Å². The van der Waals surface area contributed by atoms with Crippen molar-refractivity contribution in [3.63, 3.8) is 0 Å². The van der Waals surface area contributed by atoms with E-state index in [1.54, 1.807) is 24.4 Å². The summed E-state index contributed by atoms with van der Waals surface area (Å²) >= 11 is 0. The molecule has 0 aliphatic carbocycles. The smallest absolute Gasteiger partial charge is 0.345 e. The Labute approximate surface area is 96.5 Å². The first-order valence-corrected chi connectivity index (χ1v) is 5.16. The summed E-state index contributed by atoms with van der Waals surface area (Å²) in [4.78, 5) is 16.0. The topological polar surface area (TPSA) is 52.3 Å². The van der Waals surface area contributed by atoms with Gasteiger partial charge in [-0.1, -0.05) is 6.07 Å². The monoisotopic (exact) mass is 227 g/mol. The maximum Gasteiger partial charge on any atom is 0.345 e. The predicted molar refractivity (Wildman–Crippen MR) is 64.3 cm³/mol. The summed E-state index contributed by atoms with van der Waals surface area (Å²) in [5.74, 6) is 0.534. The minimum atomic E-state index is -0.398. The highest BCUT2D eigenvalue weighted by Crippen LogP contribution is 2.28. The van der Waals surface area contributed by atoms with Gasteiger partial charge in [-0.2, -0.15) is 0 Å². The fourth-order valence-corrected chi connectivity index (χ4v) is 1.90. The van der Waals surface area contributed by atoms with Crippen molar-refractivity contribution in [2.75, 3.05) is 7.11 Å². The third-order valence-electron chi connectivity index (χ3n) is 2.68. The van der Waals surface area contributed by atoms with Crippen LogP contribution in [0, 0.1) is 0 Å². The van der Waals surface area contributed by atoms with E-state index in [2.05, 4.69) is 4.98 Å². The molecule has 2 heterocycles. The van der Waals surface area contributed by atoms with Gasteiger partial charge in [-0.25, -0.2) is 4.79 Å². The van der Waals surface area contributed by atoms with Crippen LogP contribution in [0.2, 0.25) is 0 Å². The molecule has 0 spiro atoms. The number of pyridine rings is 1. The third kappa shape index (κ3) is 1.38. The van der Waals surface area contributed by atoms with Gasteiger partial charge in [0.2, 0.25) is 0 Å². The van der Waals surface area contributed by atoms with Crippen LogP contribution in [0.15, 0.2) is 45.7 Å². The largest absolute Gasteiger partial charge is 0.493 e. The van der Waals surface area contributed by atoms with E-state index in [0.29, 0.717) is 22.2 Å². The summed E-state index contributed by atoms with van der Waals surface area (Å²) in [6.07, 6.45) is 1.65. The Morgan fingerprint density at radius 1 is 1.18 bits per heavy atom. The van der Waals surface area contributed by atoms with Gasteiger partial charge in [-0.15, -0.1) is 0 Å². The molecule has 2 aromatic heterocycles. The van der Waals surface area contributed by atoms with E-state index in [0.717, 1.165) is 5.39 Å². The van der Waals surface area contributed by atoms with Crippen LogP contribution in [0.25, 0.3) is 21.9 Å². The Bertz CT molecular complexity index is 761. The number of nitrogens with zero attached hydrogens (tertiary/aromatic N) is 1. The fourth-order valence-electron chi connectivity index (χ4n) is 1.90. The number of hydrogen-bond acceptors (Lipinski definition) is 4. The lowest BCUT2D eigenvalue weighted by Crippen LogP contribution is -2.01. The molecule has 0 aliphatic rings. The second kappa shape index (κ2) is 3.59. The normalized spacial score (nSPS) is 10.9. The average Bonchev–Trinajstić information content (AvgIpc) is 2.39. The number of hydrogen-bond donors (Lipinski definition) is 0. The molecule has 0 amide bonds. The molecule has 0 unspecified atom stereocenters.